The van der Waals surface area contributed by atoms with Crippen molar-refractivity contribution in [2.24, 2.45) is 5.73 Å². The molecule has 0 radical (unpaired) electrons. The van der Waals surface area contributed by atoms with Crippen LogP contribution in [0.1, 0.15) is 10.4 Å². The third-order valence-electron chi connectivity index (χ3n) is 4.29. The van der Waals surface area contributed by atoms with Crippen molar-refractivity contribution in [3.8, 4) is 11.1 Å². The second kappa shape index (κ2) is 12.7. The van der Waals surface area contributed by atoms with Gasteiger partial charge in [0.25, 0.3) is 0 Å². The van der Waals surface area contributed by atoms with Crippen molar-refractivity contribution >= 4 is 29.6 Å². The average molecular weight is 447 g/mol. The first-order valence-corrected chi connectivity index (χ1v) is 10.8. The lowest BCUT2D eigenvalue weighted by Gasteiger charge is -2.17. The Morgan fingerprint density at radius 1 is 1.10 bits per heavy atom. The molecule has 0 spiro atoms. The van der Waals surface area contributed by atoms with E-state index in [1.165, 1.54) is 11.8 Å². The van der Waals surface area contributed by atoms with Gasteiger partial charge >= 0.3 is 11.9 Å². The number of aliphatic hydroxyl groups excluding tert-OH is 1. The van der Waals surface area contributed by atoms with Crippen molar-refractivity contribution < 1.29 is 29.0 Å². The minimum atomic E-state index is -1.15. The Balaban J connectivity index is 1.73. The van der Waals surface area contributed by atoms with Gasteiger partial charge in [-0.15, -0.1) is 0 Å². The first-order valence-electron chi connectivity index (χ1n) is 9.61. The molecular formula is C22H26N2O6S. The van der Waals surface area contributed by atoms with Crippen molar-refractivity contribution in [1.29, 1.82) is 0 Å². The maximum absolute atomic E-state index is 12.3. The summed E-state index contributed by atoms with van der Waals surface area (Å²) in [6.07, 6.45) is 0. The van der Waals surface area contributed by atoms with Gasteiger partial charge in [-0.3, -0.25) is 4.79 Å². The fourth-order valence-corrected chi connectivity index (χ4v) is 3.39. The number of hydrogen-bond acceptors (Lipinski definition) is 8. The molecule has 8 nitrogen and oxygen atoms in total. The van der Waals surface area contributed by atoms with Crippen molar-refractivity contribution in [1.82, 2.24) is 5.32 Å². The monoisotopic (exact) mass is 446 g/mol. The number of ether oxygens (including phenoxy) is 2. The quantitative estimate of drug-likeness (QED) is 0.347. The number of methoxy groups -OCH3 is 1. The zero-order chi connectivity index (χ0) is 22.6. The molecule has 9 heteroatoms. The van der Waals surface area contributed by atoms with E-state index in [9.17, 15) is 14.4 Å². The molecule has 0 saturated carbocycles. The number of carbonyl (C=O) groups excluding carboxylic acids is 3. The molecule has 0 aliphatic heterocycles. The molecule has 0 bridgehead atoms. The maximum Gasteiger partial charge on any atom is 0.338 e. The van der Waals surface area contributed by atoms with Gasteiger partial charge < -0.3 is 25.6 Å². The minimum absolute atomic E-state index is 0.162. The number of carbonyl (C=O) groups is 3. The third-order valence-corrected chi connectivity index (χ3v) is 5.34. The molecule has 0 fully saturated rings. The van der Waals surface area contributed by atoms with E-state index in [0.717, 1.165) is 18.2 Å². The summed E-state index contributed by atoms with van der Waals surface area (Å²) in [6, 6.07) is 14.9. The fraction of sp³-hybridized carbons (Fsp3) is 0.318. The Labute approximate surface area is 185 Å². The largest absolute Gasteiger partial charge is 0.467 e. The molecule has 2 aromatic carbocycles. The molecule has 31 heavy (non-hydrogen) atoms. The zero-order valence-electron chi connectivity index (χ0n) is 17.2. The SMILES string of the molecule is COC(=O)C(CO)NC(=O)C(N)CSCCOC(=O)c1cccc(-c2ccccc2)c1. The Morgan fingerprint density at radius 3 is 2.48 bits per heavy atom. The van der Waals surface area contributed by atoms with Gasteiger partial charge in [0.15, 0.2) is 6.04 Å². The molecule has 4 N–H and O–H groups in total. The summed E-state index contributed by atoms with van der Waals surface area (Å²) in [6.45, 7) is -0.422. The normalized spacial score (nSPS) is 12.5. The van der Waals surface area contributed by atoms with Crippen LogP contribution in [0.3, 0.4) is 0 Å². The second-order valence-corrected chi connectivity index (χ2v) is 7.68. The number of amides is 1. The number of thioether (sulfide) groups is 1. The van der Waals surface area contributed by atoms with Crippen LogP contribution in [-0.4, -0.2) is 66.9 Å². The summed E-state index contributed by atoms with van der Waals surface area (Å²) in [5, 5.41) is 11.5. The van der Waals surface area contributed by atoms with Crippen LogP contribution >= 0.6 is 11.8 Å². The topological polar surface area (TPSA) is 128 Å². The smallest absolute Gasteiger partial charge is 0.338 e. The summed E-state index contributed by atoms with van der Waals surface area (Å²) in [4.78, 5) is 35.7. The Bertz CT molecular complexity index is 877. The first kappa shape index (κ1) is 24.4. The van der Waals surface area contributed by atoms with Gasteiger partial charge in [-0.05, 0) is 23.3 Å². The van der Waals surface area contributed by atoms with Crippen molar-refractivity contribution in [2.45, 2.75) is 12.1 Å². The highest BCUT2D eigenvalue weighted by atomic mass is 32.2. The van der Waals surface area contributed by atoms with E-state index in [4.69, 9.17) is 15.6 Å². The van der Waals surface area contributed by atoms with Crippen molar-refractivity contribution in [2.75, 3.05) is 31.8 Å². The van der Waals surface area contributed by atoms with E-state index in [1.54, 1.807) is 18.2 Å². The molecule has 1 amide bonds. The van der Waals surface area contributed by atoms with Crippen LogP contribution in [0.5, 0.6) is 0 Å². The van der Waals surface area contributed by atoms with Gasteiger partial charge in [0.2, 0.25) is 5.91 Å². The lowest BCUT2D eigenvalue weighted by Crippen LogP contribution is -2.51. The summed E-state index contributed by atoms with van der Waals surface area (Å²) in [7, 11) is 1.16. The van der Waals surface area contributed by atoms with Gasteiger partial charge in [0, 0.05) is 11.5 Å². The van der Waals surface area contributed by atoms with E-state index >= 15 is 0 Å². The lowest BCUT2D eigenvalue weighted by atomic mass is 10.0. The van der Waals surface area contributed by atoms with Gasteiger partial charge in [-0.2, -0.15) is 11.8 Å². The summed E-state index contributed by atoms with van der Waals surface area (Å²) in [5.74, 6) is -1.05. The maximum atomic E-state index is 12.3. The molecule has 0 aromatic heterocycles. The van der Waals surface area contributed by atoms with Crippen molar-refractivity contribution in [3.05, 3.63) is 60.2 Å². The van der Waals surface area contributed by atoms with E-state index in [2.05, 4.69) is 10.1 Å². The number of benzene rings is 2. The highest BCUT2D eigenvalue weighted by molar-refractivity contribution is 7.99. The van der Waals surface area contributed by atoms with E-state index in [-0.39, 0.29) is 12.4 Å². The number of rotatable bonds is 11. The fourth-order valence-electron chi connectivity index (χ4n) is 2.62. The van der Waals surface area contributed by atoms with E-state index < -0.39 is 36.5 Å². The third kappa shape index (κ3) is 7.71. The predicted molar refractivity (Wildman–Crippen MR) is 118 cm³/mol. The van der Waals surface area contributed by atoms with Gasteiger partial charge in [0.05, 0.1) is 25.3 Å². The molecule has 0 heterocycles. The van der Waals surface area contributed by atoms with E-state index in [1.807, 2.05) is 36.4 Å². The van der Waals surface area contributed by atoms with Crippen LogP contribution in [-0.2, 0) is 19.1 Å². The number of nitrogens with two attached hydrogens (primary N) is 1. The molecule has 166 valence electrons. The highest BCUT2D eigenvalue weighted by Crippen LogP contribution is 2.20. The standard InChI is InChI=1S/C22H26N2O6S/c1-29-22(28)19(13-25)24-20(26)18(23)14-31-11-10-30-21(27)17-9-5-8-16(12-17)15-6-3-2-4-7-15/h2-9,12,18-19,25H,10-11,13-14,23H2,1H3,(H,24,26). The Kier molecular flexibility index (Phi) is 10.0. The molecule has 2 rings (SSSR count). The van der Waals surface area contributed by atoms with Crippen LogP contribution < -0.4 is 11.1 Å². The zero-order valence-corrected chi connectivity index (χ0v) is 18.0. The summed E-state index contributed by atoms with van der Waals surface area (Å²) in [5.41, 5.74) is 8.19. The molecular weight excluding hydrogens is 420 g/mol. The predicted octanol–water partition coefficient (Wildman–Crippen LogP) is 1.22. The van der Waals surface area contributed by atoms with Gasteiger partial charge in [-0.1, -0.05) is 42.5 Å². The number of hydrogen-bond donors (Lipinski definition) is 3. The van der Waals surface area contributed by atoms with Crippen LogP contribution in [0.25, 0.3) is 11.1 Å². The number of aliphatic hydroxyl groups is 1. The van der Waals surface area contributed by atoms with Crippen LogP contribution in [0.15, 0.2) is 54.6 Å². The Hall–Kier alpha value is -2.88. The van der Waals surface area contributed by atoms with Gasteiger partial charge in [-0.25, -0.2) is 9.59 Å². The molecule has 0 aliphatic rings. The average Bonchev–Trinajstić information content (AvgIpc) is 2.81. The molecule has 2 atom stereocenters. The molecule has 0 saturated heterocycles. The van der Waals surface area contributed by atoms with Crippen LogP contribution in [0.4, 0.5) is 0 Å². The Morgan fingerprint density at radius 2 is 1.81 bits per heavy atom. The number of esters is 2. The van der Waals surface area contributed by atoms with Crippen LogP contribution in [0.2, 0.25) is 0 Å². The van der Waals surface area contributed by atoms with Gasteiger partial charge in [0.1, 0.15) is 6.61 Å². The molecule has 0 aliphatic carbocycles. The second-order valence-electron chi connectivity index (χ2n) is 6.53. The molecule has 2 aromatic rings. The number of nitrogens with one attached hydrogen (secondary N) is 1. The molecule has 2 unspecified atom stereocenters. The first-order chi connectivity index (χ1) is 15.0. The minimum Gasteiger partial charge on any atom is -0.467 e. The summed E-state index contributed by atoms with van der Waals surface area (Å²) < 4.78 is 9.77. The summed E-state index contributed by atoms with van der Waals surface area (Å²) >= 11 is 1.33. The van der Waals surface area contributed by atoms with Crippen molar-refractivity contribution in [3.63, 3.8) is 0 Å². The lowest BCUT2D eigenvalue weighted by molar-refractivity contribution is -0.146. The van der Waals surface area contributed by atoms with Crippen LogP contribution in [0, 0.1) is 0 Å². The highest BCUT2D eigenvalue weighted by Gasteiger charge is 2.23. The van der Waals surface area contributed by atoms with E-state index in [0.29, 0.717) is 11.3 Å².